The van der Waals surface area contributed by atoms with E-state index in [9.17, 15) is 13.2 Å². The number of hydrogen-bond acceptors (Lipinski definition) is 4. The third-order valence-corrected chi connectivity index (χ3v) is 7.20. The lowest BCUT2D eigenvalue weighted by Gasteiger charge is -2.35. The average Bonchev–Trinajstić information content (AvgIpc) is 3.15. The molecular weight excluding hydrogens is 399 g/mol. The third kappa shape index (κ3) is 3.59. The van der Waals surface area contributed by atoms with Crippen molar-refractivity contribution in [3.8, 4) is 0 Å². The Morgan fingerprint density at radius 2 is 1.73 bits per heavy atom. The van der Waals surface area contributed by atoms with Gasteiger partial charge in [0.15, 0.2) is 0 Å². The number of carbonyl (C=O) groups excluding carboxylic acids is 1. The van der Waals surface area contributed by atoms with Gasteiger partial charge < -0.3 is 4.90 Å². The summed E-state index contributed by atoms with van der Waals surface area (Å²) in [5.74, 6) is -0.0958. The van der Waals surface area contributed by atoms with Gasteiger partial charge in [-0.3, -0.25) is 9.48 Å². The summed E-state index contributed by atoms with van der Waals surface area (Å²) in [5.41, 5.74) is 0. The second kappa shape index (κ2) is 7.56. The van der Waals surface area contributed by atoms with Crippen molar-refractivity contribution in [2.75, 3.05) is 26.2 Å². The second-order valence-electron chi connectivity index (χ2n) is 5.94. The summed E-state index contributed by atoms with van der Waals surface area (Å²) < 4.78 is 28.6. The summed E-state index contributed by atoms with van der Waals surface area (Å²) in [6, 6.07) is 5.89. The van der Waals surface area contributed by atoms with E-state index < -0.39 is 16.1 Å². The molecule has 10 heteroatoms. The lowest BCUT2D eigenvalue weighted by atomic mass is 10.2. The van der Waals surface area contributed by atoms with Crippen molar-refractivity contribution in [3.63, 3.8) is 0 Å². The van der Waals surface area contributed by atoms with E-state index in [0.717, 1.165) is 0 Å². The van der Waals surface area contributed by atoms with Gasteiger partial charge in [0.25, 0.3) is 0 Å². The molecule has 2 heterocycles. The fraction of sp³-hybridized carbons (Fsp3) is 0.375. The van der Waals surface area contributed by atoms with Gasteiger partial charge in [-0.1, -0.05) is 29.3 Å². The second-order valence-corrected chi connectivity index (χ2v) is 8.63. The Bertz CT molecular complexity index is 874. The first-order valence-electron chi connectivity index (χ1n) is 8.04. The molecule has 0 bridgehead atoms. The molecule has 26 heavy (non-hydrogen) atoms. The first kappa shape index (κ1) is 19.2. The van der Waals surface area contributed by atoms with Crippen LogP contribution < -0.4 is 0 Å². The van der Waals surface area contributed by atoms with Crippen LogP contribution in [0.1, 0.15) is 13.0 Å². The summed E-state index contributed by atoms with van der Waals surface area (Å²) in [6.45, 7) is 2.72. The molecule has 1 unspecified atom stereocenters. The zero-order valence-corrected chi connectivity index (χ0v) is 16.4. The van der Waals surface area contributed by atoms with E-state index in [-0.39, 0.29) is 33.9 Å². The minimum atomic E-state index is -3.82. The number of amides is 1. The molecule has 0 aliphatic carbocycles. The van der Waals surface area contributed by atoms with Crippen LogP contribution >= 0.6 is 23.2 Å². The van der Waals surface area contributed by atoms with E-state index in [0.29, 0.717) is 13.1 Å². The molecule has 1 aliphatic rings. The number of hydrogen-bond donors (Lipinski definition) is 0. The summed E-state index contributed by atoms with van der Waals surface area (Å²) >= 11 is 12.1. The lowest BCUT2D eigenvalue weighted by Crippen LogP contribution is -2.51. The van der Waals surface area contributed by atoms with Crippen molar-refractivity contribution in [1.29, 1.82) is 0 Å². The largest absolute Gasteiger partial charge is 0.338 e. The highest BCUT2D eigenvalue weighted by Crippen LogP contribution is 2.32. The van der Waals surface area contributed by atoms with Crippen molar-refractivity contribution in [2.24, 2.45) is 0 Å². The maximum absolute atomic E-state index is 12.9. The van der Waals surface area contributed by atoms with Gasteiger partial charge in [-0.25, -0.2) is 8.42 Å². The van der Waals surface area contributed by atoms with Gasteiger partial charge in [-0.15, -0.1) is 0 Å². The monoisotopic (exact) mass is 416 g/mol. The van der Waals surface area contributed by atoms with E-state index in [1.165, 1.54) is 16.4 Å². The van der Waals surface area contributed by atoms with Crippen molar-refractivity contribution in [3.05, 3.63) is 46.7 Å². The molecule has 3 rings (SSSR count). The molecule has 0 N–H and O–H groups in total. The Kier molecular flexibility index (Phi) is 5.57. The summed E-state index contributed by atoms with van der Waals surface area (Å²) in [7, 11) is -3.82. The Morgan fingerprint density at radius 3 is 2.27 bits per heavy atom. The Labute approximate surface area is 162 Å². The molecule has 0 radical (unpaired) electrons. The number of carbonyl (C=O) groups is 1. The number of piperazine rings is 1. The third-order valence-electron chi connectivity index (χ3n) is 4.35. The highest BCUT2D eigenvalue weighted by molar-refractivity contribution is 7.89. The molecular formula is C16H18Cl2N4O3S. The highest BCUT2D eigenvalue weighted by Gasteiger charge is 2.34. The first-order valence-corrected chi connectivity index (χ1v) is 10.2. The average molecular weight is 417 g/mol. The maximum atomic E-state index is 12.9. The number of rotatable bonds is 4. The molecule has 1 aromatic heterocycles. The highest BCUT2D eigenvalue weighted by atomic mass is 35.5. The smallest absolute Gasteiger partial charge is 0.247 e. The molecule has 1 fully saturated rings. The van der Waals surface area contributed by atoms with Crippen molar-refractivity contribution >= 4 is 39.1 Å². The van der Waals surface area contributed by atoms with E-state index in [1.807, 2.05) is 0 Å². The summed E-state index contributed by atoms with van der Waals surface area (Å²) in [6.07, 6.45) is 3.34. The topological polar surface area (TPSA) is 75.5 Å². The van der Waals surface area contributed by atoms with E-state index in [4.69, 9.17) is 23.2 Å². The Hall–Kier alpha value is -1.61. The van der Waals surface area contributed by atoms with Gasteiger partial charge in [0.1, 0.15) is 10.9 Å². The molecule has 1 aliphatic heterocycles. The fourth-order valence-electron chi connectivity index (χ4n) is 2.89. The van der Waals surface area contributed by atoms with E-state index in [1.54, 1.807) is 41.0 Å². The molecule has 0 saturated carbocycles. The minimum Gasteiger partial charge on any atom is -0.338 e. The number of aromatic nitrogens is 2. The van der Waals surface area contributed by atoms with E-state index in [2.05, 4.69) is 5.10 Å². The van der Waals surface area contributed by atoms with Gasteiger partial charge in [0.05, 0.1) is 10.0 Å². The standard InChI is InChI=1S/C16H18Cl2N4O3S/c1-12(22-7-3-6-19-22)16(23)20-8-10-21(11-9-20)26(24,25)15-13(17)4-2-5-14(15)18/h2-7,12H,8-11H2,1H3. The van der Waals surface area contributed by atoms with E-state index >= 15 is 0 Å². The van der Waals surface area contributed by atoms with Crippen molar-refractivity contribution < 1.29 is 13.2 Å². The molecule has 7 nitrogen and oxygen atoms in total. The number of halogens is 2. The molecule has 1 atom stereocenters. The van der Waals surface area contributed by atoms with Gasteiger partial charge in [0.2, 0.25) is 15.9 Å². The normalized spacial score (nSPS) is 17.3. The fourth-order valence-corrected chi connectivity index (χ4v) is 5.41. The zero-order chi connectivity index (χ0) is 18.9. The predicted octanol–water partition coefficient (Wildman–Crippen LogP) is 2.28. The van der Waals surface area contributed by atoms with Crippen LogP contribution in [0, 0.1) is 0 Å². The summed E-state index contributed by atoms with van der Waals surface area (Å²) in [5, 5.41) is 4.25. The molecule has 0 spiro atoms. The maximum Gasteiger partial charge on any atom is 0.247 e. The van der Waals surface area contributed by atoms with Crippen LogP contribution in [0.25, 0.3) is 0 Å². The lowest BCUT2D eigenvalue weighted by molar-refractivity contribution is -0.135. The number of sulfonamides is 1. The van der Waals surface area contributed by atoms with Crippen LogP contribution in [-0.4, -0.2) is 59.5 Å². The molecule has 1 saturated heterocycles. The first-order chi connectivity index (χ1) is 12.3. The van der Waals surface area contributed by atoms with Gasteiger partial charge >= 0.3 is 0 Å². The van der Waals surface area contributed by atoms with Crippen LogP contribution in [0.2, 0.25) is 10.0 Å². The number of benzene rings is 1. The minimum absolute atomic E-state index is 0.0864. The van der Waals surface area contributed by atoms with Crippen molar-refractivity contribution in [1.82, 2.24) is 19.0 Å². The Balaban J connectivity index is 1.71. The molecule has 1 amide bonds. The van der Waals surface area contributed by atoms with Crippen LogP contribution in [0.15, 0.2) is 41.6 Å². The van der Waals surface area contributed by atoms with Crippen LogP contribution in [0.5, 0.6) is 0 Å². The van der Waals surface area contributed by atoms with Gasteiger partial charge in [-0.05, 0) is 25.1 Å². The Morgan fingerprint density at radius 1 is 1.12 bits per heavy atom. The molecule has 140 valence electrons. The van der Waals surface area contributed by atoms with Gasteiger partial charge in [0, 0.05) is 38.6 Å². The predicted molar refractivity (Wildman–Crippen MR) is 98.7 cm³/mol. The van der Waals surface area contributed by atoms with Gasteiger partial charge in [-0.2, -0.15) is 9.40 Å². The van der Waals surface area contributed by atoms with Crippen LogP contribution in [0.4, 0.5) is 0 Å². The number of nitrogens with zero attached hydrogens (tertiary/aromatic N) is 4. The van der Waals surface area contributed by atoms with Crippen LogP contribution in [-0.2, 0) is 14.8 Å². The quantitative estimate of drug-likeness (QED) is 0.765. The molecule has 1 aromatic carbocycles. The zero-order valence-electron chi connectivity index (χ0n) is 14.0. The SMILES string of the molecule is CC(C(=O)N1CCN(S(=O)(=O)c2c(Cl)cccc2Cl)CC1)n1cccn1. The van der Waals surface area contributed by atoms with Crippen molar-refractivity contribution in [2.45, 2.75) is 17.9 Å². The van der Waals surface area contributed by atoms with Crippen LogP contribution in [0.3, 0.4) is 0 Å². The summed E-state index contributed by atoms with van der Waals surface area (Å²) in [4.78, 5) is 14.1. The molecule has 2 aromatic rings.